The molecule has 0 saturated heterocycles. The molecule has 1 saturated carbocycles. The van der Waals surface area contributed by atoms with Gasteiger partial charge in [0.25, 0.3) is 0 Å². The minimum atomic E-state index is -0.311. The number of aliphatic hydroxyl groups excluding tert-OH is 1. The van der Waals surface area contributed by atoms with Gasteiger partial charge in [-0.15, -0.1) is 0 Å². The molecule has 0 radical (unpaired) electrons. The molecule has 1 heterocycles. The third-order valence-electron chi connectivity index (χ3n) is 4.34. The molecule has 1 aromatic heterocycles. The molecule has 1 unspecified atom stereocenters. The first kappa shape index (κ1) is 16.0. The third-order valence-corrected chi connectivity index (χ3v) is 4.34. The van der Waals surface area contributed by atoms with E-state index in [1.54, 1.807) is 0 Å². The SMILES string of the molecule is CC(C)C(NC(=O)N[C@@H]1C=C[C@H](CO)C1)c1nc(C2CC2)no1. The van der Waals surface area contributed by atoms with E-state index >= 15 is 0 Å². The zero-order valence-electron chi connectivity index (χ0n) is 13.5. The van der Waals surface area contributed by atoms with E-state index in [4.69, 9.17) is 9.63 Å². The monoisotopic (exact) mass is 320 g/mol. The van der Waals surface area contributed by atoms with E-state index in [-0.39, 0.29) is 36.6 Å². The van der Waals surface area contributed by atoms with Crippen molar-refractivity contribution in [3.05, 3.63) is 23.9 Å². The van der Waals surface area contributed by atoms with Gasteiger partial charge in [0.15, 0.2) is 5.82 Å². The molecule has 7 heteroatoms. The molecule has 2 aliphatic rings. The van der Waals surface area contributed by atoms with E-state index in [9.17, 15) is 4.79 Å². The predicted molar refractivity (Wildman–Crippen MR) is 83.6 cm³/mol. The summed E-state index contributed by atoms with van der Waals surface area (Å²) in [5.41, 5.74) is 0. The van der Waals surface area contributed by atoms with Crippen LogP contribution in [0.1, 0.15) is 56.8 Å². The average Bonchev–Trinajstić information content (AvgIpc) is 3.08. The summed E-state index contributed by atoms with van der Waals surface area (Å²) in [5.74, 6) is 1.90. The molecule has 23 heavy (non-hydrogen) atoms. The van der Waals surface area contributed by atoms with Crippen molar-refractivity contribution >= 4 is 6.03 Å². The smallest absolute Gasteiger partial charge is 0.315 e. The second kappa shape index (κ2) is 6.70. The second-order valence-electron chi connectivity index (χ2n) is 6.77. The summed E-state index contributed by atoms with van der Waals surface area (Å²) in [6.45, 7) is 4.11. The number of amides is 2. The van der Waals surface area contributed by atoms with Crippen LogP contribution in [0.3, 0.4) is 0 Å². The number of hydrogen-bond donors (Lipinski definition) is 3. The highest BCUT2D eigenvalue weighted by molar-refractivity contribution is 5.75. The van der Waals surface area contributed by atoms with E-state index in [0.717, 1.165) is 25.1 Å². The minimum Gasteiger partial charge on any atom is -0.396 e. The highest BCUT2D eigenvalue weighted by Crippen LogP contribution is 2.38. The maximum absolute atomic E-state index is 12.2. The maximum atomic E-state index is 12.2. The molecule has 7 nitrogen and oxygen atoms in total. The fraction of sp³-hybridized carbons (Fsp3) is 0.688. The number of rotatable bonds is 6. The van der Waals surface area contributed by atoms with E-state index in [0.29, 0.717) is 11.8 Å². The largest absolute Gasteiger partial charge is 0.396 e. The molecule has 0 aromatic carbocycles. The van der Waals surface area contributed by atoms with Crippen LogP contribution in [0.15, 0.2) is 16.7 Å². The topological polar surface area (TPSA) is 100 Å². The lowest BCUT2D eigenvalue weighted by Crippen LogP contribution is -2.43. The van der Waals surface area contributed by atoms with Crippen molar-refractivity contribution in [3.8, 4) is 0 Å². The molecule has 0 aliphatic heterocycles. The number of carbonyl (C=O) groups excluding carboxylic acids is 1. The van der Waals surface area contributed by atoms with Crippen LogP contribution in [0.4, 0.5) is 4.79 Å². The van der Waals surface area contributed by atoms with Crippen molar-refractivity contribution in [2.45, 2.75) is 51.1 Å². The maximum Gasteiger partial charge on any atom is 0.315 e. The van der Waals surface area contributed by atoms with Crippen LogP contribution in [0.5, 0.6) is 0 Å². The summed E-state index contributed by atoms with van der Waals surface area (Å²) in [5, 5.41) is 19.0. The van der Waals surface area contributed by atoms with E-state index in [2.05, 4.69) is 20.8 Å². The van der Waals surface area contributed by atoms with Crippen LogP contribution >= 0.6 is 0 Å². The number of hydrogen-bond acceptors (Lipinski definition) is 5. The van der Waals surface area contributed by atoms with Gasteiger partial charge in [0, 0.05) is 24.5 Å². The van der Waals surface area contributed by atoms with Gasteiger partial charge in [-0.3, -0.25) is 0 Å². The Morgan fingerprint density at radius 1 is 1.43 bits per heavy atom. The van der Waals surface area contributed by atoms with Gasteiger partial charge >= 0.3 is 6.03 Å². The van der Waals surface area contributed by atoms with Crippen LogP contribution in [0.25, 0.3) is 0 Å². The van der Waals surface area contributed by atoms with Gasteiger partial charge in [0.1, 0.15) is 6.04 Å². The number of nitrogens with zero attached hydrogens (tertiary/aromatic N) is 2. The van der Waals surface area contributed by atoms with Crippen LogP contribution in [0, 0.1) is 11.8 Å². The molecule has 3 atom stereocenters. The van der Waals surface area contributed by atoms with Crippen molar-refractivity contribution in [2.24, 2.45) is 11.8 Å². The Hall–Kier alpha value is -1.89. The standard InChI is InChI=1S/C16H24N4O3/c1-9(2)13(15-19-14(20-23-15)11-4-5-11)18-16(22)17-12-6-3-10(7-12)8-21/h3,6,9-13,21H,4-5,7-8H2,1-2H3,(H2,17,18,22)/t10-,12+,13?/m0/s1. The summed E-state index contributed by atoms with van der Waals surface area (Å²) < 4.78 is 5.34. The van der Waals surface area contributed by atoms with Crippen LogP contribution in [0.2, 0.25) is 0 Å². The first-order chi connectivity index (χ1) is 11.1. The summed E-state index contributed by atoms with van der Waals surface area (Å²) in [6, 6.07) is -0.623. The van der Waals surface area contributed by atoms with Crippen molar-refractivity contribution in [1.29, 1.82) is 0 Å². The highest BCUT2D eigenvalue weighted by atomic mass is 16.5. The Balaban J connectivity index is 1.58. The Labute approximate surface area is 135 Å². The molecular weight excluding hydrogens is 296 g/mol. The molecule has 126 valence electrons. The van der Waals surface area contributed by atoms with Gasteiger partial charge in [-0.1, -0.05) is 31.2 Å². The third kappa shape index (κ3) is 3.90. The molecule has 0 spiro atoms. The van der Waals surface area contributed by atoms with Gasteiger partial charge < -0.3 is 20.3 Å². The quantitative estimate of drug-likeness (QED) is 0.695. The Bertz CT molecular complexity index is 580. The Morgan fingerprint density at radius 3 is 2.83 bits per heavy atom. The second-order valence-corrected chi connectivity index (χ2v) is 6.77. The zero-order chi connectivity index (χ0) is 16.4. The van der Waals surface area contributed by atoms with Crippen molar-refractivity contribution < 1.29 is 14.4 Å². The Morgan fingerprint density at radius 2 is 2.22 bits per heavy atom. The molecule has 0 bridgehead atoms. The molecule has 2 aliphatic carbocycles. The number of carbonyl (C=O) groups is 1. The number of urea groups is 1. The van der Waals surface area contributed by atoms with Gasteiger partial charge in [-0.25, -0.2) is 4.79 Å². The van der Waals surface area contributed by atoms with Crippen LogP contribution in [-0.2, 0) is 0 Å². The number of nitrogens with one attached hydrogen (secondary N) is 2. The lowest BCUT2D eigenvalue weighted by Gasteiger charge is -2.20. The van der Waals surface area contributed by atoms with E-state index < -0.39 is 0 Å². The van der Waals surface area contributed by atoms with Crippen molar-refractivity contribution in [1.82, 2.24) is 20.8 Å². The minimum absolute atomic E-state index is 0.0512. The molecule has 2 amide bonds. The number of aromatic nitrogens is 2. The highest BCUT2D eigenvalue weighted by Gasteiger charge is 2.32. The van der Waals surface area contributed by atoms with Gasteiger partial charge in [-0.2, -0.15) is 4.98 Å². The van der Waals surface area contributed by atoms with Crippen LogP contribution < -0.4 is 10.6 Å². The lowest BCUT2D eigenvalue weighted by atomic mass is 10.0. The lowest BCUT2D eigenvalue weighted by molar-refractivity contribution is 0.219. The predicted octanol–water partition coefficient (Wildman–Crippen LogP) is 1.88. The van der Waals surface area contributed by atoms with Gasteiger partial charge in [-0.05, 0) is 25.2 Å². The summed E-state index contributed by atoms with van der Waals surface area (Å²) >= 11 is 0. The van der Waals surface area contributed by atoms with E-state index in [1.807, 2.05) is 26.0 Å². The van der Waals surface area contributed by atoms with Crippen molar-refractivity contribution in [3.63, 3.8) is 0 Å². The molecular formula is C16H24N4O3. The summed E-state index contributed by atoms with van der Waals surface area (Å²) in [4.78, 5) is 16.7. The summed E-state index contributed by atoms with van der Waals surface area (Å²) in [6.07, 6.45) is 6.80. The fourth-order valence-electron chi connectivity index (χ4n) is 2.76. The van der Waals surface area contributed by atoms with Crippen molar-refractivity contribution in [2.75, 3.05) is 6.61 Å². The average molecular weight is 320 g/mol. The first-order valence-electron chi connectivity index (χ1n) is 8.26. The fourth-order valence-corrected chi connectivity index (χ4v) is 2.76. The van der Waals surface area contributed by atoms with Gasteiger partial charge in [0.05, 0.1) is 0 Å². The molecule has 1 fully saturated rings. The summed E-state index contributed by atoms with van der Waals surface area (Å²) in [7, 11) is 0. The Kier molecular flexibility index (Phi) is 4.66. The first-order valence-corrected chi connectivity index (χ1v) is 8.26. The van der Waals surface area contributed by atoms with Gasteiger partial charge in [0.2, 0.25) is 5.89 Å². The van der Waals surface area contributed by atoms with Crippen LogP contribution in [-0.4, -0.2) is 33.9 Å². The molecule has 3 N–H and O–H groups in total. The van der Waals surface area contributed by atoms with E-state index in [1.165, 1.54) is 0 Å². The number of aliphatic hydroxyl groups is 1. The normalized spacial score (nSPS) is 24.9. The molecule has 3 rings (SSSR count). The zero-order valence-corrected chi connectivity index (χ0v) is 13.5. The molecule has 1 aromatic rings.